The zero-order chi connectivity index (χ0) is 13.2. The van der Waals surface area contributed by atoms with Crippen LogP contribution in [-0.4, -0.2) is 34.1 Å². The first-order valence-corrected chi connectivity index (χ1v) is 7.57. The highest BCUT2D eigenvalue weighted by Gasteiger charge is 2.11. The lowest BCUT2D eigenvalue weighted by Gasteiger charge is -2.14. The van der Waals surface area contributed by atoms with E-state index in [1.165, 1.54) is 55.5 Å². The smallest absolute Gasteiger partial charge is 0.178 e. The summed E-state index contributed by atoms with van der Waals surface area (Å²) in [5.41, 5.74) is 3.70. The third-order valence-corrected chi connectivity index (χ3v) is 4.40. The second-order valence-electron chi connectivity index (χ2n) is 5.45. The normalized spacial score (nSPS) is 16.5. The lowest BCUT2D eigenvalue weighted by Crippen LogP contribution is -2.21. The Morgan fingerprint density at radius 2 is 2.00 bits per heavy atom. The molecule has 0 amide bonds. The monoisotopic (exact) mass is 275 g/mol. The number of aromatic amines is 1. The van der Waals surface area contributed by atoms with Gasteiger partial charge in [-0.3, -0.25) is 0 Å². The number of likely N-dealkylation sites (tertiary alicyclic amines) is 1. The fourth-order valence-corrected chi connectivity index (χ4v) is 3.30. The summed E-state index contributed by atoms with van der Waals surface area (Å²) in [5.74, 6) is 0. The van der Waals surface area contributed by atoms with Gasteiger partial charge in [0, 0.05) is 6.54 Å². The van der Waals surface area contributed by atoms with Gasteiger partial charge in [0.05, 0.1) is 11.0 Å². The van der Waals surface area contributed by atoms with E-state index < -0.39 is 0 Å². The Morgan fingerprint density at radius 1 is 1.21 bits per heavy atom. The Balaban J connectivity index is 1.75. The minimum absolute atomic E-state index is 0.853. The van der Waals surface area contributed by atoms with Crippen LogP contribution < -0.4 is 0 Å². The molecule has 0 atom stereocenters. The molecule has 1 fully saturated rings. The number of H-pyrrole nitrogens is 1. The van der Waals surface area contributed by atoms with Crippen molar-refractivity contribution in [2.75, 3.05) is 19.6 Å². The van der Waals surface area contributed by atoms with Gasteiger partial charge in [0.2, 0.25) is 0 Å². The van der Waals surface area contributed by atoms with Gasteiger partial charge >= 0.3 is 0 Å². The van der Waals surface area contributed by atoms with Gasteiger partial charge in [-0.15, -0.1) is 0 Å². The fourth-order valence-electron chi connectivity index (χ4n) is 3.00. The Morgan fingerprint density at radius 3 is 2.79 bits per heavy atom. The van der Waals surface area contributed by atoms with Crippen LogP contribution in [-0.2, 0) is 6.54 Å². The number of aryl methyl sites for hydroxylation is 2. The number of benzene rings is 1. The lowest BCUT2D eigenvalue weighted by atomic mass is 10.2. The summed E-state index contributed by atoms with van der Waals surface area (Å²) in [6.07, 6.45) is 3.91. The minimum Gasteiger partial charge on any atom is -0.330 e. The summed E-state index contributed by atoms with van der Waals surface area (Å²) >= 11 is 5.45. The number of imidazole rings is 1. The summed E-state index contributed by atoms with van der Waals surface area (Å²) in [4.78, 5) is 5.90. The number of para-hydroxylation sites is 1. The largest absolute Gasteiger partial charge is 0.330 e. The molecule has 1 aromatic heterocycles. The van der Waals surface area contributed by atoms with E-state index in [1.54, 1.807) is 0 Å². The van der Waals surface area contributed by atoms with Crippen LogP contribution in [0.3, 0.4) is 0 Å². The van der Waals surface area contributed by atoms with Crippen molar-refractivity contribution in [3.05, 3.63) is 28.5 Å². The van der Waals surface area contributed by atoms with E-state index in [-0.39, 0.29) is 0 Å². The quantitative estimate of drug-likeness (QED) is 0.864. The van der Waals surface area contributed by atoms with Crippen LogP contribution in [0.5, 0.6) is 0 Å². The number of hydrogen-bond acceptors (Lipinski definition) is 2. The van der Waals surface area contributed by atoms with Gasteiger partial charge in [-0.05, 0) is 69.7 Å². The van der Waals surface area contributed by atoms with Gasteiger partial charge in [-0.1, -0.05) is 12.1 Å². The zero-order valence-electron chi connectivity index (χ0n) is 11.5. The van der Waals surface area contributed by atoms with E-state index in [9.17, 15) is 0 Å². The van der Waals surface area contributed by atoms with Gasteiger partial charge in [0.25, 0.3) is 0 Å². The first-order chi connectivity index (χ1) is 9.25. The molecule has 0 spiro atoms. The van der Waals surface area contributed by atoms with Crippen LogP contribution >= 0.6 is 12.2 Å². The second-order valence-corrected chi connectivity index (χ2v) is 5.84. The van der Waals surface area contributed by atoms with E-state index in [2.05, 4.69) is 39.6 Å². The maximum atomic E-state index is 5.45. The van der Waals surface area contributed by atoms with Crippen molar-refractivity contribution in [2.45, 2.75) is 32.7 Å². The van der Waals surface area contributed by atoms with Crippen molar-refractivity contribution in [2.24, 2.45) is 0 Å². The average molecular weight is 275 g/mol. The molecule has 0 saturated carbocycles. The van der Waals surface area contributed by atoms with Crippen LogP contribution in [0.25, 0.3) is 11.0 Å². The van der Waals surface area contributed by atoms with Crippen molar-refractivity contribution < 1.29 is 0 Å². The highest BCUT2D eigenvalue weighted by atomic mass is 32.1. The average Bonchev–Trinajstić information content (AvgIpc) is 3.00. The molecule has 1 N–H and O–H groups in total. The van der Waals surface area contributed by atoms with E-state index in [0.29, 0.717) is 0 Å². The predicted molar refractivity (Wildman–Crippen MR) is 82.2 cm³/mol. The number of nitrogens with one attached hydrogen (secondary N) is 1. The summed E-state index contributed by atoms with van der Waals surface area (Å²) in [7, 11) is 0. The first-order valence-electron chi connectivity index (χ1n) is 7.16. The van der Waals surface area contributed by atoms with E-state index in [1.807, 2.05) is 0 Å². The highest BCUT2D eigenvalue weighted by Crippen LogP contribution is 2.18. The number of fused-ring (bicyclic) bond motifs is 1. The third-order valence-electron chi connectivity index (χ3n) is 4.07. The maximum absolute atomic E-state index is 5.45. The van der Waals surface area contributed by atoms with Crippen molar-refractivity contribution in [1.29, 1.82) is 0 Å². The van der Waals surface area contributed by atoms with Gasteiger partial charge in [-0.2, -0.15) is 0 Å². The number of nitrogens with zero attached hydrogens (tertiary/aromatic N) is 2. The number of aromatic nitrogens is 2. The van der Waals surface area contributed by atoms with Crippen LogP contribution in [0, 0.1) is 11.7 Å². The number of hydrogen-bond donors (Lipinski definition) is 1. The molecule has 1 aromatic carbocycles. The molecule has 1 aliphatic rings. The third kappa shape index (κ3) is 2.60. The highest BCUT2D eigenvalue weighted by molar-refractivity contribution is 7.71. The molecule has 102 valence electrons. The molecule has 1 saturated heterocycles. The molecule has 2 heterocycles. The fraction of sp³-hybridized carbons (Fsp3) is 0.533. The molecule has 0 radical (unpaired) electrons. The van der Waals surface area contributed by atoms with Crippen LogP contribution in [0.1, 0.15) is 24.8 Å². The summed E-state index contributed by atoms with van der Waals surface area (Å²) in [5, 5.41) is 0. The maximum Gasteiger partial charge on any atom is 0.178 e. The van der Waals surface area contributed by atoms with E-state index in [0.717, 1.165) is 11.3 Å². The van der Waals surface area contributed by atoms with Gasteiger partial charge in [0.1, 0.15) is 0 Å². The molecule has 19 heavy (non-hydrogen) atoms. The molecule has 1 aliphatic heterocycles. The van der Waals surface area contributed by atoms with Crippen LogP contribution in [0.2, 0.25) is 0 Å². The second kappa shape index (κ2) is 5.47. The summed E-state index contributed by atoms with van der Waals surface area (Å²) in [6.45, 7) is 6.89. The van der Waals surface area contributed by atoms with Crippen molar-refractivity contribution in [3.63, 3.8) is 0 Å². The molecule has 0 aliphatic carbocycles. The predicted octanol–water partition coefficient (Wildman–Crippen LogP) is 3.49. The molecule has 4 heteroatoms. The van der Waals surface area contributed by atoms with Gasteiger partial charge in [-0.25, -0.2) is 0 Å². The molecular weight excluding hydrogens is 254 g/mol. The standard InChI is InChI=1S/C15H21N3S/c1-12-6-4-7-13-14(12)16-15(19)18(13)11-5-10-17-8-2-3-9-17/h4,6-7H,2-3,5,8-11H2,1H3,(H,16,19). The van der Waals surface area contributed by atoms with Gasteiger partial charge in [0.15, 0.2) is 4.77 Å². The molecule has 0 unspecified atom stereocenters. The Bertz CT molecular complexity index is 620. The van der Waals surface area contributed by atoms with Crippen molar-refractivity contribution >= 4 is 23.3 Å². The van der Waals surface area contributed by atoms with E-state index in [4.69, 9.17) is 12.2 Å². The summed E-state index contributed by atoms with van der Waals surface area (Å²) in [6, 6.07) is 6.39. The molecule has 0 bridgehead atoms. The van der Waals surface area contributed by atoms with Crippen molar-refractivity contribution in [1.82, 2.24) is 14.5 Å². The number of rotatable bonds is 4. The molecule has 3 nitrogen and oxygen atoms in total. The van der Waals surface area contributed by atoms with Gasteiger partial charge < -0.3 is 14.5 Å². The Kier molecular flexibility index (Phi) is 3.71. The van der Waals surface area contributed by atoms with Crippen LogP contribution in [0.4, 0.5) is 0 Å². The topological polar surface area (TPSA) is 24.0 Å². The summed E-state index contributed by atoms with van der Waals surface area (Å²) < 4.78 is 3.10. The lowest BCUT2D eigenvalue weighted by molar-refractivity contribution is 0.326. The molecular formula is C15H21N3S. The van der Waals surface area contributed by atoms with Crippen LogP contribution in [0.15, 0.2) is 18.2 Å². The Hall–Kier alpha value is -1.13. The zero-order valence-corrected chi connectivity index (χ0v) is 12.3. The van der Waals surface area contributed by atoms with E-state index >= 15 is 0 Å². The molecule has 3 rings (SSSR count). The molecule has 2 aromatic rings. The SMILES string of the molecule is Cc1cccc2c1[nH]c(=S)n2CCCN1CCCC1. The minimum atomic E-state index is 0.853. The van der Waals surface area contributed by atoms with Crippen molar-refractivity contribution in [3.8, 4) is 0 Å². The first kappa shape index (κ1) is 12.9. The Labute approximate surface area is 119 Å².